The van der Waals surface area contributed by atoms with E-state index >= 15 is 0 Å². The number of nitrogens with zero attached hydrogens (tertiary/aromatic N) is 1. The van der Waals surface area contributed by atoms with Gasteiger partial charge in [-0.3, -0.25) is 4.79 Å². The van der Waals surface area contributed by atoms with Gasteiger partial charge in [-0.25, -0.2) is 0 Å². The van der Waals surface area contributed by atoms with Crippen molar-refractivity contribution in [3.05, 3.63) is 30.0 Å². The van der Waals surface area contributed by atoms with E-state index in [0.717, 1.165) is 22.8 Å². The molecule has 0 spiro atoms. The molecule has 1 aromatic carbocycles. The number of hydrogen-bond acceptors (Lipinski definition) is 3. The highest BCUT2D eigenvalue weighted by molar-refractivity contribution is 9.09. The van der Waals surface area contributed by atoms with Gasteiger partial charge in [0.2, 0.25) is 5.91 Å². The molecule has 21 heavy (non-hydrogen) atoms. The zero-order valence-electron chi connectivity index (χ0n) is 11.9. The molecule has 0 radical (unpaired) electrons. The van der Waals surface area contributed by atoms with E-state index in [1.165, 1.54) is 25.7 Å². The van der Waals surface area contributed by atoms with E-state index in [0.29, 0.717) is 5.69 Å². The van der Waals surface area contributed by atoms with Crippen LogP contribution in [0.1, 0.15) is 31.4 Å². The first-order chi connectivity index (χ1) is 10.2. The zero-order valence-corrected chi connectivity index (χ0v) is 13.5. The van der Waals surface area contributed by atoms with Crippen molar-refractivity contribution in [1.29, 1.82) is 0 Å². The topological polar surface area (TPSA) is 55.1 Å². The van der Waals surface area contributed by atoms with Gasteiger partial charge in [-0.1, -0.05) is 46.1 Å². The van der Waals surface area contributed by atoms with Gasteiger partial charge in [0.05, 0.1) is 6.42 Å². The third-order valence-corrected chi connectivity index (χ3v) is 5.58. The van der Waals surface area contributed by atoms with Gasteiger partial charge in [0, 0.05) is 17.3 Å². The van der Waals surface area contributed by atoms with Crippen LogP contribution in [0, 0.1) is 5.41 Å². The Bertz CT molecular complexity index is 632. The normalized spacial score (nSPS) is 17.2. The van der Waals surface area contributed by atoms with Crippen molar-refractivity contribution >= 4 is 32.8 Å². The van der Waals surface area contributed by atoms with Crippen molar-refractivity contribution in [3.63, 3.8) is 0 Å². The summed E-state index contributed by atoms with van der Waals surface area (Å²) in [6.45, 7) is 0.743. The van der Waals surface area contributed by atoms with Crippen LogP contribution in [0.25, 0.3) is 11.0 Å². The molecular formula is C16H19BrN2O2. The van der Waals surface area contributed by atoms with E-state index in [9.17, 15) is 4.79 Å². The molecule has 5 heteroatoms. The summed E-state index contributed by atoms with van der Waals surface area (Å²) in [6.07, 6.45) is 5.16. The number of carbonyl (C=O) groups is 1. The lowest BCUT2D eigenvalue weighted by atomic mass is 9.89. The van der Waals surface area contributed by atoms with Crippen LogP contribution in [0.3, 0.4) is 0 Å². The molecule has 0 atom stereocenters. The largest absolute Gasteiger partial charge is 0.356 e. The molecule has 3 rings (SSSR count). The number of aromatic nitrogens is 1. The number of halogens is 1. The summed E-state index contributed by atoms with van der Waals surface area (Å²) in [5, 5.41) is 8.95. The molecule has 1 heterocycles. The second-order valence-electron chi connectivity index (χ2n) is 5.92. The number of amides is 1. The minimum Gasteiger partial charge on any atom is -0.356 e. The maximum Gasteiger partial charge on any atom is 0.226 e. The third-order valence-electron chi connectivity index (χ3n) is 4.39. The summed E-state index contributed by atoms with van der Waals surface area (Å²) in [5.74, 6) is 0.0151. The Morgan fingerprint density at radius 3 is 2.86 bits per heavy atom. The van der Waals surface area contributed by atoms with E-state index in [1.54, 1.807) is 0 Å². The Morgan fingerprint density at radius 2 is 2.10 bits per heavy atom. The van der Waals surface area contributed by atoms with Crippen LogP contribution in [0.5, 0.6) is 0 Å². The van der Waals surface area contributed by atoms with Gasteiger partial charge < -0.3 is 9.84 Å². The van der Waals surface area contributed by atoms with Crippen LogP contribution >= 0.6 is 15.9 Å². The Hall–Kier alpha value is -1.36. The minimum atomic E-state index is 0.0151. The Labute approximate surface area is 132 Å². The molecule has 1 saturated carbocycles. The maximum absolute atomic E-state index is 12.2. The van der Waals surface area contributed by atoms with Gasteiger partial charge in [-0.2, -0.15) is 0 Å². The molecule has 112 valence electrons. The van der Waals surface area contributed by atoms with E-state index in [4.69, 9.17) is 4.52 Å². The number of carbonyl (C=O) groups excluding carboxylic acids is 1. The van der Waals surface area contributed by atoms with Gasteiger partial charge in [-0.15, -0.1) is 0 Å². The number of alkyl halides is 1. The smallest absolute Gasteiger partial charge is 0.226 e. The third kappa shape index (κ3) is 3.12. The summed E-state index contributed by atoms with van der Waals surface area (Å²) in [4.78, 5) is 12.2. The SMILES string of the molecule is O=C(Cc1noc2ccccc12)NCC1(CBr)CCCC1. The molecule has 1 aromatic heterocycles. The van der Waals surface area contributed by atoms with E-state index in [1.807, 2.05) is 24.3 Å². The van der Waals surface area contributed by atoms with Crippen molar-refractivity contribution in [2.45, 2.75) is 32.1 Å². The fraction of sp³-hybridized carbons (Fsp3) is 0.500. The first-order valence-corrected chi connectivity index (χ1v) is 8.51. The molecule has 0 unspecified atom stereocenters. The molecule has 2 aromatic rings. The summed E-state index contributed by atoms with van der Waals surface area (Å²) >= 11 is 3.60. The fourth-order valence-corrected chi connectivity index (χ4v) is 3.81. The van der Waals surface area contributed by atoms with Gasteiger partial charge >= 0.3 is 0 Å². The molecule has 0 bridgehead atoms. The average molecular weight is 351 g/mol. The number of benzene rings is 1. The number of nitrogens with one attached hydrogen (secondary N) is 1. The summed E-state index contributed by atoms with van der Waals surface area (Å²) in [6, 6.07) is 7.63. The first-order valence-electron chi connectivity index (χ1n) is 7.38. The van der Waals surface area contributed by atoms with Gasteiger partial charge in [0.1, 0.15) is 5.69 Å². The standard InChI is InChI=1S/C16H19BrN2O2/c17-10-16(7-3-4-8-16)11-18-15(20)9-13-12-5-1-2-6-14(12)21-19-13/h1-2,5-6H,3-4,7-11H2,(H,18,20). The van der Waals surface area contributed by atoms with Crippen LogP contribution in [0.2, 0.25) is 0 Å². The Kier molecular flexibility index (Phi) is 4.29. The van der Waals surface area contributed by atoms with E-state index in [2.05, 4.69) is 26.4 Å². The molecule has 1 amide bonds. The fourth-order valence-electron chi connectivity index (χ4n) is 3.05. The molecule has 4 nitrogen and oxygen atoms in total. The highest BCUT2D eigenvalue weighted by Crippen LogP contribution is 2.38. The van der Waals surface area contributed by atoms with E-state index in [-0.39, 0.29) is 17.7 Å². The van der Waals surface area contributed by atoms with Crippen LogP contribution in [-0.2, 0) is 11.2 Å². The number of hydrogen-bond donors (Lipinski definition) is 1. The Morgan fingerprint density at radius 1 is 1.33 bits per heavy atom. The van der Waals surface area contributed by atoms with Crippen LogP contribution in [0.15, 0.2) is 28.8 Å². The summed E-state index contributed by atoms with van der Waals surface area (Å²) < 4.78 is 5.23. The average Bonchev–Trinajstić information content (AvgIpc) is 3.14. The monoisotopic (exact) mass is 350 g/mol. The number of fused-ring (bicyclic) bond motifs is 1. The lowest BCUT2D eigenvalue weighted by molar-refractivity contribution is -0.120. The molecule has 1 N–H and O–H groups in total. The number of rotatable bonds is 5. The second-order valence-corrected chi connectivity index (χ2v) is 6.48. The molecule has 1 aliphatic carbocycles. The van der Waals surface area contributed by atoms with Gasteiger partial charge in [0.25, 0.3) is 0 Å². The van der Waals surface area contributed by atoms with Crippen LogP contribution in [-0.4, -0.2) is 22.9 Å². The van der Waals surface area contributed by atoms with Crippen molar-refractivity contribution in [2.24, 2.45) is 5.41 Å². The zero-order chi connectivity index (χ0) is 14.7. The highest BCUT2D eigenvalue weighted by atomic mass is 79.9. The lowest BCUT2D eigenvalue weighted by Gasteiger charge is -2.26. The number of para-hydroxylation sites is 1. The van der Waals surface area contributed by atoms with Gasteiger partial charge in [0.15, 0.2) is 5.58 Å². The first kappa shape index (κ1) is 14.6. The quantitative estimate of drug-likeness (QED) is 0.840. The summed E-state index contributed by atoms with van der Waals surface area (Å²) in [7, 11) is 0. The second kappa shape index (κ2) is 6.18. The molecule has 0 saturated heterocycles. The van der Waals surface area contributed by atoms with Crippen molar-refractivity contribution in [2.75, 3.05) is 11.9 Å². The Balaban J connectivity index is 1.61. The van der Waals surface area contributed by atoms with Gasteiger partial charge in [-0.05, 0) is 30.4 Å². The van der Waals surface area contributed by atoms with Crippen LogP contribution < -0.4 is 5.32 Å². The van der Waals surface area contributed by atoms with Crippen molar-refractivity contribution in [3.8, 4) is 0 Å². The van der Waals surface area contributed by atoms with E-state index < -0.39 is 0 Å². The molecule has 1 aliphatic rings. The predicted octanol–water partition coefficient (Wildman–Crippen LogP) is 3.44. The minimum absolute atomic E-state index is 0.0151. The summed E-state index contributed by atoms with van der Waals surface area (Å²) in [5.41, 5.74) is 1.68. The van der Waals surface area contributed by atoms with Crippen molar-refractivity contribution in [1.82, 2.24) is 10.5 Å². The predicted molar refractivity (Wildman–Crippen MR) is 85.4 cm³/mol. The van der Waals surface area contributed by atoms with Crippen LogP contribution in [0.4, 0.5) is 0 Å². The molecule has 0 aliphatic heterocycles. The maximum atomic E-state index is 12.2. The molecular weight excluding hydrogens is 332 g/mol. The highest BCUT2D eigenvalue weighted by Gasteiger charge is 2.33. The lowest BCUT2D eigenvalue weighted by Crippen LogP contribution is -2.37. The van der Waals surface area contributed by atoms with Crippen molar-refractivity contribution < 1.29 is 9.32 Å². The molecule has 1 fully saturated rings.